The van der Waals surface area contributed by atoms with Crippen molar-refractivity contribution in [3.63, 3.8) is 0 Å². The van der Waals surface area contributed by atoms with Crippen LogP contribution in [0.25, 0.3) is 0 Å². The van der Waals surface area contributed by atoms with Crippen LogP contribution in [0.4, 0.5) is 9.59 Å². The van der Waals surface area contributed by atoms with Crippen LogP contribution in [0.2, 0.25) is 0 Å². The third-order valence-corrected chi connectivity index (χ3v) is 3.00. The van der Waals surface area contributed by atoms with Crippen molar-refractivity contribution in [1.29, 1.82) is 0 Å². The molecule has 1 rings (SSSR count). The molecule has 0 spiro atoms. The van der Waals surface area contributed by atoms with Gasteiger partial charge in [0.25, 0.3) is 0 Å². The molecule has 2 N–H and O–H groups in total. The lowest BCUT2D eigenvalue weighted by molar-refractivity contribution is 0.00437. The van der Waals surface area contributed by atoms with Gasteiger partial charge in [0.2, 0.25) is 0 Å². The molecule has 1 fully saturated rings. The maximum absolute atomic E-state index is 11.8. The van der Waals surface area contributed by atoms with Crippen molar-refractivity contribution in [2.75, 3.05) is 19.6 Å². The summed E-state index contributed by atoms with van der Waals surface area (Å²) < 4.78 is 10.5. The number of amides is 2. The molecular formula is C16H31N3O4. The Morgan fingerprint density at radius 1 is 1.09 bits per heavy atom. The smallest absolute Gasteiger partial charge is 0.410 e. The molecule has 0 bridgehead atoms. The molecule has 1 atom stereocenters. The highest BCUT2D eigenvalue weighted by atomic mass is 16.6. The van der Waals surface area contributed by atoms with E-state index >= 15 is 0 Å². The van der Waals surface area contributed by atoms with E-state index < -0.39 is 17.3 Å². The molecule has 1 unspecified atom stereocenters. The third-order valence-electron chi connectivity index (χ3n) is 3.00. The van der Waals surface area contributed by atoms with Crippen molar-refractivity contribution in [1.82, 2.24) is 15.5 Å². The number of carbonyl (C=O) groups is 2. The van der Waals surface area contributed by atoms with E-state index in [4.69, 9.17) is 9.47 Å². The summed E-state index contributed by atoms with van der Waals surface area (Å²) in [5.74, 6) is 0. The van der Waals surface area contributed by atoms with Crippen molar-refractivity contribution in [2.45, 2.75) is 71.8 Å². The van der Waals surface area contributed by atoms with Crippen molar-refractivity contribution in [2.24, 2.45) is 0 Å². The molecule has 1 aliphatic heterocycles. The molecule has 1 saturated heterocycles. The summed E-state index contributed by atoms with van der Waals surface area (Å²) in [6.07, 6.45) is -0.703. The van der Waals surface area contributed by atoms with Crippen LogP contribution in [0.15, 0.2) is 0 Å². The summed E-state index contributed by atoms with van der Waals surface area (Å²) in [5.41, 5.74) is -0.969. The molecule has 0 aromatic heterocycles. The SMILES string of the molecule is CC(CNC(=O)OC(C)(C)C)NC1CN(C(=O)OC(C)(C)C)C1. The highest BCUT2D eigenvalue weighted by Gasteiger charge is 2.34. The van der Waals surface area contributed by atoms with E-state index in [1.807, 2.05) is 48.5 Å². The van der Waals surface area contributed by atoms with Gasteiger partial charge >= 0.3 is 12.2 Å². The summed E-state index contributed by atoms with van der Waals surface area (Å²) in [7, 11) is 0. The maximum Gasteiger partial charge on any atom is 0.410 e. The van der Waals surface area contributed by atoms with Crippen LogP contribution < -0.4 is 10.6 Å². The lowest BCUT2D eigenvalue weighted by atomic mass is 10.1. The van der Waals surface area contributed by atoms with Crippen LogP contribution in [0.1, 0.15) is 48.5 Å². The Morgan fingerprint density at radius 2 is 1.61 bits per heavy atom. The van der Waals surface area contributed by atoms with Gasteiger partial charge in [-0.3, -0.25) is 0 Å². The number of hydrogen-bond acceptors (Lipinski definition) is 5. The Bertz CT molecular complexity index is 417. The second-order valence-electron chi connectivity index (χ2n) is 8.03. The van der Waals surface area contributed by atoms with Gasteiger partial charge in [-0.25, -0.2) is 9.59 Å². The Hall–Kier alpha value is -1.50. The topological polar surface area (TPSA) is 79.9 Å². The van der Waals surface area contributed by atoms with Gasteiger partial charge in [-0.05, 0) is 48.5 Å². The van der Waals surface area contributed by atoms with Crippen LogP contribution in [0, 0.1) is 0 Å². The molecule has 7 heteroatoms. The highest BCUT2D eigenvalue weighted by Crippen LogP contribution is 2.15. The first-order chi connectivity index (χ1) is 10.4. The normalized spacial score (nSPS) is 17.3. The number of rotatable bonds is 4. The Kier molecular flexibility index (Phi) is 6.27. The van der Waals surface area contributed by atoms with Crippen molar-refractivity contribution in [3.05, 3.63) is 0 Å². The fourth-order valence-corrected chi connectivity index (χ4v) is 2.07. The van der Waals surface area contributed by atoms with E-state index in [9.17, 15) is 9.59 Å². The van der Waals surface area contributed by atoms with Crippen LogP contribution in [0.3, 0.4) is 0 Å². The van der Waals surface area contributed by atoms with Crippen molar-refractivity contribution in [3.8, 4) is 0 Å². The van der Waals surface area contributed by atoms with Crippen LogP contribution in [-0.2, 0) is 9.47 Å². The summed E-state index contributed by atoms with van der Waals surface area (Å²) in [6.45, 7) is 14.7. The predicted octanol–water partition coefficient (Wildman–Crippen LogP) is 2.11. The van der Waals surface area contributed by atoms with Gasteiger partial charge in [0.1, 0.15) is 11.2 Å². The zero-order chi connectivity index (χ0) is 17.8. The summed E-state index contributed by atoms with van der Waals surface area (Å²) >= 11 is 0. The van der Waals surface area contributed by atoms with Gasteiger partial charge in [-0.2, -0.15) is 0 Å². The van der Waals surface area contributed by atoms with Gasteiger partial charge in [-0.1, -0.05) is 0 Å². The van der Waals surface area contributed by atoms with Gasteiger partial charge < -0.3 is 25.0 Å². The van der Waals surface area contributed by atoms with Crippen molar-refractivity contribution < 1.29 is 19.1 Å². The summed E-state index contributed by atoms with van der Waals surface area (Å²) in [4.78, 5) is 25.1. The zero-order valence-electron chi connectivity index (χ0n) is 15.4. The molecule has 1 heterocycles. The minimum Gasteiger partial charge on any atom is -0.444 e. The number of nitrogens with one attached hydrogen (secondary N) is 2. The highest BCUT2D eigenvalue weighted by molar-refractivity contribution is 5.69. The second kappa shape index (κ2) is 7.38. The number of carbonyl (C=O) groups excluding carboxylic acids is 2. The average molecular weight is 329 g/mol. The van der Waals surface area contributed by atoms with E-state index in [2.05, 4.69) is 10.6 Å². The predicted molar refractivity (Wildman–Crippen MR) is 88.4 cm³/mol. The molecule has 0 aromatic rings. The first-order valence-corrected chi connectivity index (χ1v) is 8.06. The standard InChI is InChI=1S/C16H31N3O4/c1-11(8-17-13(20)22-15(2,3)4)18-12-9-19(10-12)14(21)23-16(5,6)7/h11-12,18H,8-10H2,1-7H3,(H,17,20). The van der Waals surface area contributed by atoms with E-state index in [-0.39, 0.29) is 18.2 Å². The number of ether oxygens (including phenoxy) is 2. The molecule has 2 amide bonds. The number of nitrogens with zero attached hydrogens (tertiary/aromatic N) is 1. The molecule has 134 valence electrons. The van der Waals surface area contributed by atoms with Crippen LogP contribution >= 0.6 is 0 Å². The fourth-order valence-electron chi connectivity index (χ4n) is 2.07. The molecule has 0 aromatic carbocycles. The van der Waals surface area contributed by atoms with E-state index in [0.717, 1.165) is 0 Å². The molecule has 1 aliphatic rings. The summed E-state index contributed by atoms with van der Waals surface area (Å²) in [5, 5.41) is 6.09. The first kappa shape index (κ1) is 19.5. The largest absolute Gasteiger partial charge is 0.444 e. The summed E-state index contributed by atoms with van der Waals surface area (Å²) in [6, 6.07) is 0.311. The Balaban J connectivity index is 2.19. The van der Waals surface area contributed by atoms with Gasteiger partial charge in [0.15, 0.2) is 0 Å². The fraction of sp³-hybridized carbons (Fsp3) is 0.875. The van der Waals surface area contributed by atoms with Crippen LogP contribution in [-0.4, -0.2) is 60.0 Å². The van der Waals surface area contributed by atoms with Crippen molar-refractivity contribution >= 4 is 12.2 Å². The number of likely N-dealkylation sites (tertiary alicyclic amines) is 1. The molecule has 0 radical (unpaired) electrons. The number of alkyl carbamates (subject to hydrolysis) is 1. The van der Waals surface area contributed by atoms with E-state index in [1.165, 1.54) is 0 Å². The lowest BCUT2D eigenvalue weighted by Crippen LogP contribution is -2.62. The quantitative estimate of drug-likeness (QED) is 0.826. The van der Waals surface area contributed by atoms with Gasteiger partial charge in [-0.15, -0.1) is 0 Å². The molecule has 0 saturated carbocycles. The second-order valence-corrected chi connectivity index (χ2v) is 8.03. The monoisotopic (exact) mass is 329 g/mol. The third kappa shape index (κ3) is 8.06. The molecule has 0 aliphatic carbocycles. The Morgan fingerprint density at radius 3 is 2.09 bits per heavy atom. The zero-order valence-corrected chi connectivity index (χ0v) is 15.4. The minimum atomic E-state index is -0.497. The molecule has 23 heavy (non-hydrogen) atoms. The van der Waals surface area contributed by atoms with E-state index in [1.54, 1.807) is 4.90 Å². The first-order valence-electron chi connectivity index (χ1n) is 8.06. The average Bonchev–Trinajstić information content (AvgIpc) is 2.25. The Labute approximate surface area is 139 Å². The molecule has 7 nitrogen and oxygen atoms in total. The van der Waals surface area contributed by atoms with E-state index in [0.29, 0.717) is 19.6 Å². The van der Waals surface area contributed by atoms with Gasteiger partial charge in [0, 0.05) is 31.7 Å². The van der Waals surface area contributed by atoms with Crippen LogP contribution in [0.5, 0.6) is 0 Å². The maximum atomic E-state index is 11.8. The lowest BCUT2D eigenvalue weighted by Gasteiger charge is -2.41. The number of hydrogen-bond donors (Lipinski definition) is 2. The van der Waals surface area contributed by atoms with Gasteiger partial charge in [0.05, 0.1) is 0 Å². The molecular weight excluding hydrogens is 298 g/mol. The minimum absolute atomic E-state index is 0.0910.